The first kappa shape index (κ1) is 15.6. The summed E-state index contributed by atoms with van der Waals surface area (Å²) in [4.78, 5) is 36.5. The SMILES string of the molecule is CNC(=O)C1CCCN(C(=O)NC2CCC(C(=O)O)C2)C1. The second kappa shape index (κ2) is 6.78. The molecule has 1 aliphatic carbocycles. The Bertz CT molecular complexity index is 426. The summed E-state index contributed by atoms with van der Waals surface area (Å²) in [5.74, 6) is -1.32. The Hall–Kier alpha value is -1.79. The molecule has 0 radical (unpaired) electrons. The summed E-state index contributed by atoms with van der Waals surface area (Å²) in [6, 6.07) is -0.251. The lowest BCUT2D eigenvalue weighted by Crippen LogP contribution is -2.50. The number of rotatable bonds is 3. The van der Waals surface area contributed by atoms with E-state index in [1.54, 1.807) is 11.9 Å². The third-order valence-electron chi connectivity index (χ3n) is 4.44. The molecule has 7 heteroatoms. The summed E-state index contributed by atoms with van der Waals surface area (Å²) < 4.78 is 0. The van der Waals surface area contributed by atoms with Crippen molar-refractivity contribution >= 4 is 17.9 Å². The van der Waals surface area contributed by atoms with Gasteiger partial charge in [-0.25, -0.2) is 4.79 Å². The van der Waals surface area contributed by atoms with Crippen LogP contribution in [0.25, 0.3) is 0 Å². The van der Waals surface area contributed by atoms with Crippen LogP contribution in [0.5, 0.6) is 0 Å². The number of nitrogens with one attached hydrogen (secondary N) is 2. The number of amides is 3. The van der Waals surface area contributed by atoms with Crippen LogP contribution in [0.15, 0.2) is 0 Å². The Kier molecular flexibility index (Phi) is 5.03. The molecule has 0 aromatic rings. The van der Waals surface area contributed by atoms with Crippen LogP contribution in [-0.2, 0) is 9.59 Å². The Morgan fingerprint density at radius 2 is 1.90 bits per heavy atom. The van der Waals surface area contributed by atoms with Gasteiger partial charge in [-0.15, -0.1) is 0 Å². The van der Waals surface area contributed by atoms with Crippen LogP contribution >= 0.6 is 0 Å². The lowest BCUT2D eigenvalue weighted by atomic mass is 9.97. The van der Waals surface area contributed by atoms with E-state index in [2.05, 4.69) is 10.6 Å². The van der Waals surface area contributed by atoms with E-state index in [0.717, 1.165) is 12.8 Å². The van der Waals surface area contributed by atoms with E-state index < -0.39 is 5.97 Å². The van der Waals surface area contributed by atoms with Gasteiger partial charge in [-0.05, 0) is 32.1 Å². The van der Waals surface area contributed by atoms with E-state index in [-0.39, 0.29) is 29.8 Å². The standard InChI is InChI=1S/C14H23N3O4/c1-15-12(18)10-3-2-6-17(8-10)14(21)16-11-5-4-9(7-11)13(19)20/h9-11H,2-8H2,1H3,(H,15,18)(H,16,21)(H,19,20). The molecule has 7 nitrogen and oxygen atoms in total. The predicted octanol–water partition coefficient (Wildman–Crippen LogP) is 0.407. The normalized spacial score (nSPS) is 29.0. The maximum Gasteiger partial charge on any atom is 0.317 e. The van der Waals surface area contributed by atoms with Gasteiger partial charge in [0, 0.05) is 26.2 Å². The van der Waals surface area contributed by atoms with Crippen LogP contribution in [0, 0.1) is 11.8 Å². The van der Waals surface area contributed by atoms with Crippen LogP contribution in [0.4, 0.5) is 4.79 Å². The first-order valence-corrected chi connectivity index (χ1v) is 7.51. The predicted molar refractivity (Wildman–Crippen MR) is 75.7 cm³/mol. The van der Waals surface area contributed by atoms with Crippen LogP contribution in [0.1, 0.15) is 32.1 Å². The molecule has 2 rings (SSSR count). The van der Waals surface area contributed by atoms with E-state index in [1.165, 1.54) is 0 Å². The van der Waals surface area contributed by atoms with E-state index in [0.29, 0.717) is 32.4 Å². The number of urea groups is 1. The van der Waals surface area contributed by atoms with Gasteiger partial charge in [0.1, 0.15) is 0 Å². The van der Waals surface area contributed by atoms with Crippen molar-refractivity contribution in [1.82, 2.24) is 15.5 Å². The molecule has 1 saturated heterocycles. The molecule has 21 heavy (non-hydrogen) atoms. The van der Waals surface area contributed by atoms with Crippen molar-refractivity contribution in [3.05, 3.63) is 0 Å². The van der Waals surface area contributed by atoms with Crippen molar-refractivity contribution in [2.24, 2.45) is 11.8 Å². The highest BCUT2D eigenvalue weighted by Gasteiger charge is 2.33. The highest BCUT2D eigenvalue weighted by molar-refractivity contribution is 5.80. The lowest BCUT2D eigenvalue weighted by molar-refractivity contribution is -0.141. The van der Waals surface area contributed by atoms with Gasteiger partial charge in [-0.2, -0.15) is 0 Å². The summed E-state index contributed by atoms with van der Waals surface area (Å²) in [6.45, 7) is 1.08. The molecule has 3 unspecified atom stereocenters. The van der Waals surface area contributed by atoms with E-state index in [4.69, 9.17) is 5.11 Å². The van der Waals surface area contributed by atoms with E-state index >= 15 is 0 Å². The molecule has 1 heterocycles. The van der Waals surface area contributed by atoms with Gasteiger partial charge in [-0.3, -0.25) is 9.59 Å². The molecule has 0 aromatic carbocycles. The number of carboxylic acid groups (broad SMARTS) is 1. The second-order valence-electron chi connectivity index (χ2n) is 5.89. The van der Waals surface area contributed by atoms with Gasteiger partial charge >= 0.3 is 12.0 Å². The fourth-order valence-electron chi connectivity index (χ4n) is 3.18. The van der Waals surface area contributed by atoms with Crippen molar-refractivity contribution in [2.75, 3.05) is 20.1 Å². The van der Waals surface area contributed by atoms with Gasteiger partial charge in [0.2, 0.25) is 5.91 Å². The van der Waals surface area contributed by atoms with Crippen molar-refractivity contribution in [2.45, 2.75) is 38.1 Å². The molecular formula is C14H23N3O4. The van der Waals surface area contributed by atoms with Crippen LogP contribution in [0.2, 0.25) is 0 Å². The summed E-state index contributed by atoms with van der Waals surface area (Å²) in [7, 11) is 1.60. The van der Waals surface area contributed by atoms with Crippen LogP contribution in [0.3, 0.4) is 0 Å². The minimum atomic E-state index is -0.788. The van der Waals surface area contributed by atoms with Crippen LogP contribution < -0.4 is 10.6 Å². The van der Waals surface area contributed by atoms with Crippen molar-refractivity contribution in [3.63, 3.8) is 0 Å². The molecule has 0 aromatic heterocycles. The third kappa shape index (κ3) is 3.86. The average Bonchev–Trinajstić information content (AvgIpc) is 2.95. The molecule has 1 saturated carbocycles. The molecule has 3 atom stereocenters. The van der Waals surface area contributed by atoms with Gasteiger partial charge in [0.05, 0.1) is 11.8 Å². The molecule has 3 N–H and O–H groups in total. The molecule has 3 amide bonds. The lowest BCUT2D eigenvalue weighted by Gasteiger charge is -2.32. The van der Waals surface area contributed by atoms with Gasteiger partial charge < -0.3 is 20.6 Å². The summed E-state index contributed by atoms with van der Waals surface area (Å²) in [5, 5.41) is 14.5. The van der Waals surface area contributed by atoms with Gasteiger partial charge in [0.25, 0.3) is 0 Å². The minimum Gasteiger partial charge on any atom is -0.481 e. The van der Waals surface area contributed by atoms with Crippen molar-refractivity contribution < 1.29 is 19.5 Å². The maximum absolute atomic E-state index is 12.2. The number of carbonyl (C=O) groups is 3. The zero-order valence-corrected chi connectivity index (χ0v) is 12.3. The Morgan fingerprint density at radius 3 is 2.52 bits per heavy atom. The summed E-state index contributed by atoms with van der Waals surface area (Å²) in [6.07, 6.45) is 3.42. The quantitative estimate of drug-likeness (QED) is 0.702. The number of hydrogen-bond acceptors (Lipinski definition) is 3. The molecule has 0 spiro atoms. The monoisotopic (exact) mass is 297 g/mol. The summed E-state index contributed by atoms with van der Waals surface area (Å²) >= 11 is 0. The number of carbonyl (C=O) groups excluding carboxylic acids is 2. The molecule has 2 aliphatic rings. The van der Waals surface area contributed by atoms with Crippen molar-refractivity contribution in [1.29, 1.82) is 0 Å². The number of nitrogens with zero attached hydrogens (tertiary/aromatic N) is 1. The zero-order valence-electron chi connectivity index (χ0n) is 12.3. The average molecular weight is 297 g/mol. The summed E-state index contributed by atoms with van der Waals surface area (Å²) in [5.41, 5.74) is 0. The first-order valence-electron chi connectivity index (χ1n) is 7.51. The largest absolute Gasteiger partial charge is 0.481 e. The Morgan fingerprint density at radius 1 is 1.14 bits per heavy atom. The Labute approximate surface area is 124 Å². The zero-order chi connectivity index (χ0) is 15.4. The molecule has 0 bridgehead atoms. The number of likely N-dealkylation sites (tertiary alicyclic amines) is 1. The fourth-order valence-corrected chi connectivity index (χ4v) is 3.18. The molecule has 2 fully saturated rings. The topological polar surface area (TPSA) is 98.7 Å². The van der Waals surface area contributed by atoms with E-state index in [1.807, 2.05) is 0 Å². The molecule has 118 valence electrons. The number of carboxylic acids is 1. The highest BCUT2D eigenvalue weighted by atomic mass is 16.4. The first-order chi connectivity index (χ1) is 10.0. The minimum absolute atomic E-state index is 0.0284. The smallest absolute Gasteiger partial charge is 0.317 e. The maximum atomic E-state index is 12.2. The van der Waals surface area contributed by atoms with E-state index in [9.17, 15) is 14.4 Å². The fraction of sp³-hybridized carbons (Fsp3) is 0.786. The second-order valence-corrected chi connectivity index (χ2v) is 5.89. The highest BCUT2D eigenvalue weighted by Crippen LogP contribution is 2.26. The van der Waals surface area contributed by atoms with Gasteiger partial charge in [0.15, 0.2) is 0 Å². The van der Waals surface area contributed by atoms with Crippen molar-refractivity contribution in [3.8, 4) is 0 Å². The Balaban J connectivity index is 1.83. The van der Waals surface area contributed by atoms with Crippen LogP contribution in [-0.4, -0.2) is 54.1 Å². The molecular weight excluding hydrogens is 274 g/mol. The third-order valence-corrected chi connectivity index (χ3v) is 4.44. The number of hydrogen-bond donors (Lipinski definition) is 3. The van der Waals surface area contributed by atoms with Gasteiger partial charge in [-0.1, -0.05) is 0 Å². The number of piperidine rings is 1. The number of aliphatic carboxylic acids is 1. The molecule has 1 aliphatic heterocycles.